The molecule has 1 aromatic rings. The van der Waals surface area contributed by atoms with Crippen LogP contribution >= 0.6 is 0 Å². The van der Waals surface area contributed by atoms with Gasteiger partial charge in [0, 0.05) is 12.6 Å². The van der Waals surface area contributed by atoms with Gasteiger partial charge in [-0.2, -0.15) is 0 Å². The predicted octanol–water partition coefficient (Wildman–Crippen LogP) is 1.59. The summed E-state index contributed by atoms with van der Waals surface area (Å²) in [7, 11) is 1.58. The lowest BCUT2D eigenvalue weighted by atomic mass is 9.80. The van der Waals surface area contributed by atoms with E-state index in [2.05, 4.69) is 16.0 Å². The second-order valence-corrected chi connectivity index (χ2v) is 6.28. The number of ether oxygens (including phenoxy) is 1. The maximum atomic E-state index is 12.9. The Bertz CT molecular complexity index is 622. The number of carbonyl (C=O) groups excluding carboxylic acids is 3. The van der Waals surface area contributed by atoms with E-state index in [1.807, 2.05) is 0 Å². The van der Waals surface area contributed by atoms with Crippen LogP contribution in [0, 0.1) is 0 Å². The Labute approximate surface area is 147 Å². The van der Waals surface area contributed by atoms with Crippen LogP contribution in [0.4, 0.5) is 5.69 Å². The van der Waals surface area contributed by atoms with Crippen LogP contribution in [-0.2, 0) is 14.4 Å². The van der Waals surface area contributed by atoms with Crippen molar-refractivity contribution in [3.8, 4) is 5.75 Å². The van der Waals surface area contributed by atoms with Crippen LogP contribution in [0.15, 0.2) is 24.3 Å². The lowest BCUT2D eigenvalue weighted by Crippen LogP contribution is -2.59. The molecule has 7 nitrogen and oxygen atoms in total. The summed E-state index contributed by atoms with van der Waals surface area (Å²) >= 11 is 0. The maximum Gasteiger partial charge on any atom is 0.250 e. The first-order valence-corrected chi connectivity index (χ1v) is 8.46. The molecule has 0 spiro atoms. The van der Waals surface area contributed by atoms with E-state index in [1.54, 1.807) is 31.4 Å². The van der Waals surface area contributed by atoms with Crippen molar-refractivity contribution >= 4 is 23.4 Å². The molecule has 136 valence electrons. The molecule has 0 radical (unpaired) electrons. The molecule has 1 aromatic carbocycles. The van der Waals surface area contributed by atoms with Crippen LogP contribution in [0.2, 0.25) is 0 Å². The van der Waals surface area contributed by atoms with Crippen LogP contribution in [-0.4, -0.2) is 36.9 Å². The molecule has 1 fully saturated rings. The second kappa shape index (κ2) is 8.50. The largest absolute Gasteiger partial charge is 0.497 e. The zero-order valence-electron chi connectivity index (χ0n) is 14.7. The molecule has 0 unspecified atom stereocenters. The molecular weight excluding hydrogens is 322 g/mol. The van der Waals surface area contributed by atoms with Crippen LogP contribution in [0.3, 0.4) is 0 Å². The minimum absolute atomic E-state index is 0.132. The standard InChI is InChI=1S/C18H25N3O4/c1-13(22)19-12-16(23)21-18(10-4-3-5-11-18)17(24)20-14-6-8-15(25-2)9-7-14/h6-9H,3-5,10-12H2,1-2H3,(H,19,22)(H,20,24)(H,21,23). The van der Waals surface area contributed by atoms with E-state index in [-0.39, 0.29) is 24.3 Å². The van der Waals surface area contributed by atoms with E-state index in [4.69, 9.17) is 4.74 Å². The molecule has 3 amide bonds. The van der Waals surface area contributed by atoms with Gasteiger partial charge in [0.05, 0.1) is 13.7 Å². The summed E-state index contributed by atoms with van der Waals surface area (Å²) < 4.78 is 5.10. The van der Waals surface area contributed by atoms with Crippen molar-refractivity contribution in [1.29, 1.82) is 0 Å². The average Bonchev–Trinajstić information content (AvgIpc) is 2.61. The average molecular weight is 347 g/mol. The number of hydrogen-bond acceptors (Lipinski definition) is 4. The van der Waals surface area contributed by atoms with Gasteiger partial charge in [-0.05, 0) is 37.1 Å². The van der Waals surface area contributed by atoms with Crippen molar-refractivity contribution < 1.29 is 19.1 Å². The van der Waals surface area contributed by atoms with Gasteiger partial charge in [0.2, 0.25) is 17.7 Å². The molecule has 1 saturated carbocycles. The molecule has 0 aliphatic heterocycles. The molecular formula is C18H25N3O4. The highest BCUT2D eigenvalue weighted by Crippen LogP contribution is 2.30. The highest BCUT2D eigenvalue weighted by Gasteiger charge is 2.40. The summed E-state index contributed by atoms with van der Waals surface area (Å²) in [5.74, 6) is -0.167. The van der Waals surface area contributed by atoms with Crippen LogP contribution in [0.25, 0.3) is 0 Å². The van der Waals surface area contributed by atoms with Crippen molar-refractivity contribution in [2.45, 2.75) is 44.6 Å². The Morgan fingerprint density at radius 2 is 1.72 bits per heavy atom. The minimum Gasteiger partial charge on any atom is -0.497 e. The molecule has 2 rings (SSSR count). The van der Waals surface area contributed by atoms with Gasteiger partial charge in [-0.25, -0.2) is 0 Å². The summed E-state index contributed by atoms with van der Waals surface area (Å²) in [5.41, 5.74) is -0.292. The summed E-state index contributed by atoms with van der Waals surface area (Å²) in [6, 6.07) is 7.04. The van der Waals surface area contributed by atoms with Gasteiger partial charge in [0.15, 0.2) is 0 Å². The Morgan fingerprint density at radius 3 is 2.28 bits per heavy atom. The van der Waals surface area contributed by atoms with Crippen molar-refractivity contribution in [1.82, 2.24) is 10.6 Å². The Balaban J connectivity index is 2.07. The first kappa shape index (κ1) is 18.8. The molecule has 0 heterocycles. The molecule has 25 heavy (non-hydrogen) atoms. The quantitative estimate of drug-likeness (QED) is 0.728. The zero-order valence-corrected chi connectivity index (χ0v) is 14.7. The highest BCUT2D eigenvalue weighted by atomic mass is 16.5. The van der Waals surface area contributed by atoms with E-state index in [0.717, 1.165) is 19.3 Å². The molecule has 0 aromatic heterocycles. The van der Waals surface area contributed by atoms with Gasteiger partial charge >= 0.3 is 0 Å². The molecule has 1 aliphatic carbocycles. The Hall–Kier alpha value is -2.57. The second-order valence-electron chi connectivity index (χ2n) is 6.28. The maximum absolute atomic E-state index is 12.9. The smallest absolute Gasteiger partial charge is 0.250 e. The Morgan fingerprint density at radius 1 is 1.08 bits per heavy atom. The lowest BCUT2D eigenvalue weighted by molar-refractivity contribution is -0.132. The van der Waals surface area contributed by atoms with E-state index in [1.165, 1.54) is 6.92 Å². The highest BCUT2D eigenvalue weighted by molar-refractivity contribution is 6.01. The number of methoxy groups -OCH3 is 1. The minimum atomic E-state index is -0.937. The van der Waals surface area contributed by atoms with Crippen molar-refractivity contribution in [2.75, 3.05) is 19.0 Å². The summed E-state index contributed by atoms with van der Waals surface area (Å²) in [6.07, 6.45) is 3.95. The third-order valence-electron chi connectivity index (χ3n) is 4.37. The van der Waals surface area contributed by atoms with Gasteiger partial charge in [-0.3, -0.25) is 14.4 Å². The fourth-order valence-electron chi connectivity index (χ4n) is 3.01. The summed E-state index contributed by atoms with van der Waals surface area (Å²) in [4.78, 5) is 36.0. The summed E-state index contributed by atoms with van der Waals surface area (Å²) in [6.45, 7) is 1.22. The summed E-state index contributed by atoms with van der Waals surface area (Å²) in [5, 5.41) is 8.17. The molecule has 0 bridgehead atoms. The number of anilines is 1. The van der Waals surface area contributed by atoms with E-state index < -0.39 is 5.54 Å². The van der Waals surface area contributed by atoms with Crippen molar-refractivity contribution in [3.05, 3.63) is 24.3 Å². The Kier molecular flexibility index (Phi) is 6.38. The predicted molar refractivity (Wildman–Crippen MR) is 94.3 cm³/mol. The molecule has 7 heteroatoms. The lowest BCUT2D eigenvalue weighted by Gasteiger charge is -2.36. The molecule has 3 N–H and O–H groups in total. The van der Waals surface area contributed by atoms with Gasteiger partial charge in [0.1, 0.15) is 11.3 Å². The SMILES string of the molecule is COc1ccc(NC(=O)C2(NC(=O)CNC(C)=O)CCCCC2)cc1. The van der Waals surface area contributed by atoms with Crippen molar-refractivity contribution in [3.63, 3.8) is 0 Å². The number of rotatable bonds is 6. The van der Waals surface area contributed by atoms with Crippen LogP contribution < -0.4 is 20.7 Å². The van der Waals surface area contributed by atoms with Crippen LogP contribution in [0.1, 0.15) is 39.0 Å². The third kappa shape index (κ3) is 5.20. The molecule has 0 saturated heterocycles. The number of benzene rings is 1. The fraction of sp³-hybridized carbons (Fsp3) is 0.500. The zero-order chi connectivity index (χ0) is 18.3. The third-order valence-corrected chi connectivity index (χ3v) is 4.37. The first-order valence-electron chi connectivity index (χ1n) is 8.46. The van der Waals surface area contributed by atoms with Gasteiger partial charge in [-0.1, -0.05) is 19.3 Å². The molecule has 0 atom stereocenters. The van der Waals surface area contributed by atoms with Crippen LogP contribution in [0.5, 0.6) is 5.75 Å². The number of amides is 3. The van der Waals surface area contributed by atoms with E-state index in [0.29, 0.717) is 24.3 Å². The van der Waals surface area contributed by atoms with Gasteiger partial charge < -0.3 is 20.7 Å². The van der Waals surface area contributed by atoms with Gasteiger partial charge in [-0.15, -0.1) is 0 Å². The first-order chi connectivity index (χ1) is 11.9. The number of carbonyl (C=O) groups is 3. The fourth-order valence-corrected chi connectivity index (χ4v) is 3.01. The van der Waals surface area contributed by atoms with Gasteiger partial charge in [0.25, 0.3) is 0 Å². The number of nitrogens with one attached hydrogen (secondary N) is 3. The monoisotopic (exact) mass is 347 g/mol. The van der Waals surface area contributed by atoms with Crippen molar-refractivity contribution in [2.24, 2.45) is 0 Å². The molecule has 1 aliphatic rings. The normalized spacial score (nSPS) is 15.8. The number of hydrogen-bond donors (Lipinski definition) is 3. The van der Waals surface area contributed by atoms with E-state index >= 15 is 0 Å². The topological polar surface area (TPSA) is 96.5 Å². The van der Waals surface area contributed by atoms with E-state index in [9.17, 15) is 14.4 Å².